The molecule has 4 aliphatic carbocycles. The SMILES string of the molecule is C[Si](C)(c1ccc2c(c1)C1C=CC3=C(c4cc(-n5c6ccccc6c6ccccc65)ccc4C3)C1N2c1ccccc1)c1ccc2c(c1)C1C=CC3=C(c4cc(-n5c6ccccc6c6ccccc65)ccc4C3)C1N2c1ccccc1. The van der Waals surface area contributed by atoms with Crippen LogP contribution >= 0.6 is 0 Å². The van der Waals surface area contributed by atoms with Crippen LogP contribution in [0.4, 0.5) is 22.7 Å². The standard InChI is InChI=1S/C76H56N4Si/c1-81(2,55-35-39-71-65(45-55)61-37-31-49-41-47-29-33-53(43-63(47)73(49)75(61)79(71)51-17-5-3-6-18-51)77-67-25-13-9-21-57(67)58-22-10-14-26-68(58)77)56-36-40-72-66(46-56)62-38-32-50-42-48-30-34-54(44-64(48)74(50)76(62)80(72)52-19-7-4-8-20-52)78-69-27-15-11-23-59(69)60-24-12-16-28-70(60)78/h3-40,43-46,61-62,75-76H,41-42H2,1-2H3. The van der Waals surface area contributed by atoms with E-state index in [1.54, 1.807) is 0 Å². The van der Waals surface area contributed by atoms with Gasteiger partial charge in [0.1, 0.15) is 8.07 Å². The molecular weight excluding hydrogens is 997 g/mol. The highest BCUT2D eigenvalue weighted by atomic mass is 28.3. The summed E-state index contributed by atoms with van der Waals surface area (Å²) < 4.78 is 4.96. The lowest BCUT2D eigenvalue weighted by Gasteiger charge is -2.34. The van der Waals surface area contributed by atoms with Gasteiger partial charge in [0.15, 0.2) is 0 Å². The van der Waals surface area contributed by atoms with Crippen molar-refractivity contribution in [2.45, 2.75) is 49.9 Å². The third-order valence-electron chi connectivity index (χ3n) is 19.5. The molecule has 0 amide bonds. The van der Waals surface area contributed by atoms with Crippen LogP contribution in [0.2, 0.25) is 13.1 Å². The molecule has 0 saturated heterocycles. The first-order valence-electron chi connectivity index (χ1n) is 29.0. The number of anilines is 4. The van der Waals surface area contributed by atoms with Crippen molar-refractivity contribution >= 4 is 96.0 Å². The normalized spacial score (nSPS) is 19.1. The first-order chi connectivity index (χ1) is 39.9. The lowest BCUT2D eigenvalue weighted by Crippen LogP contribution is -2.53. The van der Waals surface area contributed by atoms with Gasteiger partial charge in [-0.2, -0.15) is 0 Å². The summed E-state index contributed by atoms with van der Waals surface area (Å²) in [5.41, 5.74) is 26.8. The molecule has 2 aliphatic heterocycles. The molecule has 4 heterocycles. The second-order valence-corrected chi connectivity index (χ2v) is 28.3. The molecule has 12 aromatic rings. The maximum Gasteiger partial charge on any atom is 0.112 e. The molecule has 0 N–H and O–H groups in total. The molecule has 6 aliphatic rings. The van der Waals surface area contributed by atoms with Crippen molar-refractivity contribution in [2.75, 3.05) is 9.80 Å². The summed E-state index contributed by atoms with van der Waals surface area (Å²) in [6.07, 6.45) is 11.9. The summed E-state index contributed by atoms with van der Waals surface area (Å²) in [4.78, 5) is 5.36. The van der Waals surface area contributed by atoms with E-state index in [1.807, 2.05) is 0 Å². The lowest BCUT2D eigenvalue weighted by molar-refractivity contribution is 0.758. The number of benzene rings is 10. The van der Waals surface area contributed by atoms with Crippen LogP contribution in [0.1, 0.15) is 45.2 Å². The molecule has 384 valence electrons. The van der Waals surface area contributed by atoms with Gasteiger partial charge in [0.2, 0.25) is 0 Å². The highest BCUT2D eigenvalue weighted by Gasteiger charge is 2.48. The van der Waals surface area contributed by atoms with E-state index < -0.39 is 8.07 Å². The number of fused-ring (bicyclic) bond motifs is 18. The third kappa shape index (κ3) is 6.35. The predicted octanol–water partition coefficient (Wildman–Crippen LogP) is 17.1. The number of hydrogen-bond acceptors (Lipinski definition) is 2. The average Bonchev–Trinajstić information content (AvgIpc) is 4.47. The van der Waals surface area contributed by atoms with Gasteiger partial charge in [-0.15, -0.1) is 0 Å². The van der Waals surface area contributed by atoms with Crippen LogP contribution in [0.15, 0.2) is 266 Å². The van der Waals surface area contributed by atoms with Gasteiger partial charge in [-0.3, -0.25) is 0 Å². The largest absolute Gasteiger partial charge is 0.333 e. The number of para-hydroxylation sites is 6. The Hall–Kier alpha value is -9.42. The zero-order chi connectivity index (χ0) is 53.2. The fraction of sp³-hybridized carbons (Fsp3) is 0.105. The minimum absolute atomic E-state index is 0.133. The van der Waals surface area contributed by atoms with E-state index in [9.17, 15) is 0 Å². The number of rotatable bonds is 6. The summed E-state index contributed by atoms with van der Waals surface area (Å²) >= 11 is 0. The van der Waals surface area contributed by atoms with E-state index >= 15 is 0 Å². The van der Waals surface area contributed by atoms with Crippen LogP contribution in [-0.2, 0) is 12.8 Å². The van der Waals surface area contributed by atoms with Gasteiger partial charge in [-0.25, -0.2) is 0 Å². The van der Waals surface area contributed by atoms with Crippen molar-refractivity contribution in [3.05, 3.63) is 299 Å². The second kappa shape index (κ2) is 16.8. The van der Waals surface area contributed by atoms with Gasteiger partial charge in [0, 0.05) is 67.5 Å². The number of aromatic nitrogens is 2. The van der Waals surface area contributed by atoms with E-state index in [0.29, 0.717) is 0 Å². The molecule has 5 heteroatoms. The van der Waals surface area contributed by atoms with E-state index in [0.717, 1.165) is 12.8 Å². The molecule has 0 saturated carbocycles. The Bertz CT molecular complexity index is 4420. The van der Waals surface area contributed by atoms with Crippen molar-refractivity contribution in [1.29, 1.82) is 0 Å². The fourth-order valence-corrected chi connectivity index (χ4v) is 18.2. The van der Waals surface area contributed by atoms with Crippen LogP contribution in [0.3, 0.4) is 0 Å². The van der Waals surface area contributed by atoms with Crippen molar-refractivity contribution < 1.29 is 0 Å². The maximum atomic E-state index is 2.68. The van der Waals surface area contributed by atoms with Crippen molar-refractivity contribution in [1.82, 2.24) is 9.13 Å². The Morgan fingerprint density at radius 3 is 1.12 bits per heavy atom. The molecule has 81 heavy (non-hydrogen) atoms. The molecule has 0 radical (unpaired) electrons. The molecule has 4 atom stereocenters. The molecule has 0 spiro atoms. The van der Waals surface area contributed by atoms with Crippen molar-refractivity contribution in [2.24, 2.45) is 0 Å². The van der Waals surface area contributed by atoms with Gasteiger partial charge in [0.25, 0.3) is 0 Å². The smallest absolute Gasteiger partial charge is 0.112 e. The van der Waals surface area contributed by atoms with E-state index in [4.69, 9.17) is 0 Å². The molecule has 2 aromatic heterocycles. The molecule has 0 fully saturated rings. The molecule has 18 rings (SSSR count). The molecule has 4 unspecified atom stereocenters. The minimum Gasteiger partial charge on any atom is -0.333 e. The summed E-state index contributed by atoms with van der Waals surface area (Å²) in [7, 11) is -2.31. The van der Waals surface area contributed by atoms with Crippen LogP contribution < -0.4 is 20.2 Å². The summed E-state index contributed by atoms with van der Waals surface area (Å²) in [6.45, 7) is 5.17. The van der Waals surface area contributed by atoms with Crippen LogP contribution in [0.25, 0.3) is 66.1 Å². The van der Waals surface area contributed by atoms with Gasteiger partial charge in [0.05, 0.1) is 34.2 Å². The Balaban J connectivity index is 0.727. The van der Waals surface area contributed by atoms with E-state index in [-0.39, 0.29) is 23.9 Å². The summed E-state index contributed by atoms with van der Waals surface area (Å²) in [6, 6.07) is 87.9. The average molecular weight is 1050 g/mol. The fourth-order valence-electron chi connectivity index (χ4n) is 15.8. The zero-order valence-corrected chi connectivity index (χ0v) is 46.3. The number of nitrogens with zero attached hydrogens (tertiary/aromatic N) is 4. The molecule has 4 nitrogen and oxygen atoms in total. The zero-order valence-electron chi connectivity index (χ0n) is 45.3. The van der Waals surface area contributed by atoms with Crippen LogP contribution in [0, 0.1) is 0 Å². The lowest BCUT2D eigenvalue weighted by atomic mass is 9.82. The summed E-state index contributed by atoms with van der Waals surface area (Å²) in [5.74, 6) is 0.401. The van der Waals surface area contributed by atoms with Crippen LogP contribution in [-0.4, -0.2) is 29.3 Å². The summed E-state index contributed by atoms with van der Waals surface area (Å²) in [5, 5.41) is 8.12. The topological polar surface area (TPSA) is 16.3 Å². The molecule has 0 bridgehead atoms. The maximum absolute atomic E-state index is 2.68. The first kappa shape index (κ1) is 45.4. The molecular formula is C76H56N4Si. The minimum atomic E-state index is -2.31. The Morgan fingerprint density at radius 1 is 0.358 bits per heavy atom. The number of hydrogen-bond donors (Lipinski definition) is 0. The Morgan fingerprint density at radius 2 is 0.728 bits per heavy atom. The third-order valence-corrected chi connectivity index (χ3v) is 23.0. The molecule has 10 aromatic carbocycles. The van der Waals surface area contributed by atoms with Gasteiger partial charge in [-0.05, 0) is 153 Å². The van der Waals surface area contributed by atoms with Gasteiger partial charge < -0.3 is 18.9 Å². The second-order valence-electron chi connectivity index (χ2n) is 23.9. The van der Waals surface area contributed by atoms with Gasteiger partial charge in [-0.1, -0.05) is 193 Å². The predicted molar refractivity (Wildman–Crippen MR) is 341 cm³/mol. The van der Waals surface area contributed by atoms with Gasteiger partial charge >= 0.3 is 0 Å². The quantitative estimate of drug-likeness (QED) is 0.154. The van der Waals surface area contributed by atoms with Crippen molar-refractivity contribution in [3.63, 3.8) is 0 Å². The Kier molecular flexibility index (Phi) is 9.43. The monoisotopic (exact) mass is 1050 g/mol. The van der Waals surface area contributed by atoms with Crippen molar-refractivity contribution in [3.8, 4) is 11.4 Å². The van der Waals surface area contributed by atoms with E-state index in [1.165, 1.54) is 144 Å². The highest BCUT2D eigenvalue weighted by Crippen LogP contribution is 2.57. The highest BCUT2D eigenvalue weighted by molar-refractivity contribution is 7.00. The van der Waals surface area contributed by atoms with E-state index in [2.05, 4.69) is 287 Å². The first-order valence-corrected chi connectivity index (χ1v) is 32.0. The Labute approximate surface area is 472 Å². The van der Waals surface area contributed by atoms with Crippen LogP contribution in [0.5, 0.6) is 0 Å². The number of allylic oxidation sites excluding steroid dienone is 4.